The van der Waals surface area contributed by atoms with Crippen LogP contribution < -0.4 is 19.8 Å². The molecular formula is C28H30BFN8O5S. The highest BCUT2D eigenvalue weighted by Crippen LogP contribution is 2.09. The summed E-state index contributed by atoms with van der Waals surface area (Å²) in [6.45, 7) is 3.30. The molecule has 0 radical (unpaired) electrons. The Morgan fingerprint density at radius 1 is 0.500 bits per heavy atom. The third-order valence-electron chi connectivity index (χ3n) is 4.37. The van der Waals surface area contributed by atoms with E-state index in [4.69, 9.17) is 36.6 Å². The predicted octanol–water partition coefficient (Wildman–Crippen LogP) is 2.18. The third kappa shape index (κ3) is 27.9. The van der Waals surface area contributed by atoms with Gasteiger partial charge in [0.2, 0.25) is 21.6 Å². The van der Waals surface area contributed by atoms with Crippen molar-refractivity contribution < 1.29 is 28.2 Å². The fourth-order valence-corrected chi connectivity index (χ4v) is 2.59. The van der Waals surface area contributed by atoms with Crippen LogP contribution in [0.3, 0.4) is 0 Å². The first kappa shape index (κ1) is 42.8. The van der Waals surface area contributed by atoms with Gasteiger partial charge in [0.15, 0.2) is 19.9 Å². The van der Waals surface area contributed by atoms with Crippen molar-refractivity contribution in [3.05, 3.63) is 141 Å². The van der Waals surface area contributed by atoms with Crippen LogP contribution in [-0.4, -0.2) is 27.2 Å². The molecule has 44 heavy (non-hydrogen) atoms. The molecule has 4 rings (SSSR count). The molecule has 0 fully saturated rings. The largest absolute Gasteiger partial charge is 1.00 e. The summed E-state index contributed by atoms with van der Waals surface area (Å²) in [5.74, 6) is 0.535. The fraction of sp³-hybridized carbons (Fsp3) is 0.143. The second-order valence-electron chi connectivity index (χ2n) is 7.35. The average molecular weight is 620 g/mol. The lowest BCUT2D eigenvalue weighted by molar-refractivity contribution is -0.479. The number of halogens is 1. The summed E-state index contributed by atoms with van der Waals surface area (Å²) in [5, 5.41) is 57.9. The van der Waals surface area contributed by atoms with Gasteiger partial charge in [-0.25, -0.2) is 8.42 Å². The lowest BCUT2D eigenvalue weighted by Crippen LogP contribution is -3.00. The van der Waals surface area contributed by atoms with Crippen LogP contribution in [0, 0.1) is 21.6 Å². The monoisotopic (exact) mass is 620 g/mol. The van der Waals surface area contributed by atoms with E-state index in [-0.39, 0.29) is 16.2 Å². The molecule has 16 heteroatoms. The molecule has 4 aromatic rings. The number of nitrogens with zero attached hydrogens (tertiary/aromatic N) is 8. The number of sulfone groups is 1. The van der Waals surface area contributed by atoms with Crippen LogP contribution in [-0.2, 0) is 9.84 Å². The van der Waals surface area contributed by atoms with Crippen molar-refractivity contribution in [2.24, 2.45) is 0 Å². The molecule has 0 spiro atoms. The Morgan fingerprint density at radius 3 is 0.727 bits per heavy atom. The summed E-state index contributed by atoms with van der Waals surface area (Å²) in [5.41, 5.74) is 2.36. The van der Waals surface area contributed by atoms with Gasteiger partial charge < -0.3 is 19.8 Å². The maximum absolute atomic E-state index is 10.4. The van der Waals surface area contributed by atoms with Crippen LogP contribution in [0.5, 0.6) is 0 Å². The molecule has 0 amide bonds. The van der Waals surface area contributed by atoms with E-state index in [0.717, 1.165) is 0 Å². The standard InChI is InChI=1S/4C6H5N2.C4H10O2S.BO3.FH/c4*7-8-6-4-2-1-3-5-6;1-3-7(5,6)4-2;2-1(3)4;/h4*1-5H;3-4H2,1-2H3;;1H/q4*+1;;-3;/p-1. The van der Waals surface area contributed by atoms with Crippen LogP contribution in [0.25, 0.3) is 19.9 Å². The topological polar surface area (TPSA) is 216 Å². The first-order valence-electron chi connectivity index (χ1n) is 12.4. The van der Waals surface area contributed by atoms with Crippen molar-refractivity contribution in [2.75, 3.05) is 11.5 Å². The zero-order valence-electron chi connectivity index (χ0n) is 23.9. The van der Waals surface area contributed by atoms with E-state index in [0.29, 0.717) is 22.7 Å². The molecule has 0 atom stereocenters. The zero-order chi connectivity index (χ0) is 32.8. The number of benzene rings is 4. The molecule has 0 aliphatic carbocycles. The van der Waals surface area contributed by atoms with Crippen LogP contribution >= 0.6 is 0 Å². The van der Waals surface area contributed by atoms with Gasteiger partial charge in [-0.1, -0.05) is 86.6 Å². The zero-order valence-corrected chi connectivity index (χ0v) is 24.8. The average Bonchev–Trinajstić information content (AvgIpc) is 3.07. The van der Waals surface area contributed by atoms with Crippen molar-refractivity contribution in [3.8, 4) is 0 Å². The van der Waals surface area contributed by atoms with E-state index in [1.807, 2.05) is 72.8 Å². The molecule has 0 N–H and O–H groups in total. The molecule has 0 saturated heterocycles. The Labute approximate surface area is 256 Å². The van der Waals surface area contributed by atoms with E-state index in [1.54, 1.807) is 62.4 Å². The molecule has 0 aliphatic rings. The summed E-state index contributed by atoms with van der Waals surface area (Å²) in [4.78, 5) is 11.9. The molecule has 0 bridgehead atoms. The predicted molar refractivity (Wildman–Crippen MR) is 160 cm³/mol. The summed E-state index contributed by atoms with van der Waals surface area (Å²) >= 11 is 0. The minimum atomic E-state index is -2.92. The van der Waals surface area contributed by atoms with Crippen LogP contribution in [0.1, 0.15) is 13.8 Å². The van der Waals surface area contributed by atoms with Gasteiger partial charge >= 0.3 is 22.7 Å². The van der Waals surface area contributed by atoms with Crippen molar-refractivity contribution in [3.63, 3.8) is 0 Å². The lowest BCUT2D eigenvalue weighted by atomic mass is 10.3. The highest BCUT2D eigenvalue weighted by atomic mass is 32.2. The molecule has 0 saturated carbocycles. The Balaban J connectivity index is -0.000000462. The summed E-state index contributed by atoms with van der Waals surface area (Å²) < 4.78 is 20.7. The number of rotatable bonds is 2. The Bertz CT molecular complexity index is 1320. The van der Waals surface area contributed by atoms with Crippen LogP contribution in [0.2, 0.25) is 0 Å². The van der Waals surface area contributed by atoms with Crippen molar-refractivity contribution in [1.29, 1.82) is 21.6 Å². The fourth-order valence-electron chi connectivity index (χ4n) is 2.18. The smallest absolute Gasteiger partial charge is 0.385 e. The van der Waals surface area contributed by atoms with Gasteiger partial charge in [-0.05, 0) is 0 Å². The van der Waals surface area contributed by atoms with E-state index in [2.05, 4.69) is 19.9 Å². The normalized spacial score (nSPS) is 8.20. The molecule has 0 aliphatic heterocycles. The molecule has 228 valence electrons. The van der Waals surface area contributed by atoms with E-state index < -0.39 is 17.2 Å². The molecular weight excluding hydrogens is 590 g/mol. The highest BCUT2D eigenvalue weighted by molar-refractivity contribution is 7.91. The molecule has 0 unspecified atom stereocenters. The first-order valence-corrected chi connectivity index (χ1v) is 14.2. The summed E-state index contributed by atoms with van der Waals surface area (Å²) in [6, 6.07) is 35.8. The summed E-state index contributed by atoms with van der Waals surface area (Å²) in [6.07, 6.45) is 0. The maximum Gasteiger partial charge on any atom is 0.385 e. The van der Waals surface area contributed by atoms with Crippen LogP contribution in [0.15, 0.2) is 121 Å². The Morgan fingerprint density at radius 2 is 0.659 bits per heavy atom. The second kappa shape index (κ2) is 28.9. The van der Waals surface area contributed by atoms with E-state index in [9.17, 15) is 8.42 Å². The summed E-state index contributed by atoms with van der Waals surface area (Å²) in [7, 11) is -5.57. The van der Waals surface area contributed by atoms with Crippen molar-refractivity contribution in [1.82, 2.24) is 0 Å². The third-order valence-corrected chi connectivity index (χ3v) is 6.13. The van der Waals surface area contributed by atoms with Gasteiger partial charge in [0.05, 0.1) is 0 Å². The Hall–Kier alpha value is -5.62. The molecule has 0 aromatic heterocycles. The van der Waals surface area contributed by atoms with Crippen molar-refractivity contribution >= 4 is 39.9 Å². The molecule has 0 heterocycles. The first-order chi connectivity index (χ1) is 20.6. The van der Waals surface area contributed by atoms with Gasteiger partial charge in [0.1, 0.15) is 9.84 Å². The minimum Gasteiger partial charge on any atom is -1.00 e. The second-order valence-corrected chi connectivity index (χ2v) is 9.99. The maximum atomic E-state index is 10.4. The van der Waals surface area contributed by atoms with Gasteiger partial charge in [-0.15, -0.1) is 0 Å². The highest BCUT2D eigenvalue weighted by Gasteiger charge is 1.99. The van der Waals surface area contributed by atoms with E-state index >= 15 is 0 Å². The number of hydrogen-bond donors (Lipinski definition) is 0. The van der Waals surface area contributed by atoms with Gasteiger partial charge in [0.25, 0.3) is 0 Å². The lowest BCUT2D eigenvalue weighted by Gasteiger charge is -2.35. The van der Waals surface area contributed by atoms with E-state index in [1.165, 1.54) is 0 Å². The van der Waals surface area contributed by atoms with Gasteiger partial charge in [0, 0.05) is 60.0 Å². The number of diazo groups is 4. The number of hydrogen-bond acceptors (Lipinski definition) is 9. The van der Waals surface area contributed by atoms with Crippen molar-refractivity contribution in [2.45, 2.75) is 13.8 Å². The minimum absolute atomic E-state index is 0. The Kier molecular flexibility index (Phi) is 28.1. The van der Waals surface area contributed by atoms with Gasteiger partial charge in [-0.3, -0.25) is 7.32 Å². The SMILES string of the molecule is CCS(=O)(=O)CC.N#[N+]c1ccccc1.N#[N+]c1ccccc1.N#[N+]c1ccccc1.N#[N+]c1ccccc1.[F-].[O-]B([O-])[O-]. The quantitative estimate of drug-likeness (QED) is 0.237. The molecule has 13 nitrogen and oxygen atoms in total. The van der Waals surface area contributed by atoms with Gasteiger partial charge in [-0.2, -0.15) is 0 Å². The molecule has 4 aromatic carbocycles. The van der Waals surface area contributed by atoms with Crippen LogP contribution in [0.4, 0.5) is 22.7 Å².